The van der Waals surface area contributed by atoms with E-state index in [9.17, 15) is 4.79 Å². The van der Waals surface area contributed by atoms with Gasteiger partial charge < -0.3 is 25.4 Å². The zero-order valence-electron chi connectivity index (χ0n) is 19.8. The first-order valence-corrected chi connectivity index (χ1v) is 11.5. The average molecular weight is 448 g/mol. The van der Waals surface area contributed by atoms with E-state index in [2.05, 4.69) is 36.7 Å². The van der Waals surface area contributed by atoms with Crippen LogP contribution in [0.4, 0.5) is 16.2 Å². The van der Waals surface area contributed by atoms with Gasteiger partial charge in [-0.1, -0.05) is 51.1 Å². The molecule has 0 radical (unpaired) electrons. The minimum absolute atomic E-state index is 0.0421. The first-order chi connectivity index (χ1) is 15.8. The van der Waals surface area contributed by atoms with Gasteiger partial charge in [0.25, 0.3) is 0 Å². The lowest BCUT2D eigenvalue weighted by Gasteiger charge is -2.25. The second-order valence-corrected chi connectivity index (χ2v) is 9.47. The number of ether oxygens (including phenoxy) is 2. The molecule has 1 aliphatic heterocycles. The van der Waals surface area contributed by atoms with Crippen LogP contribution in [0.1, 0.15) is 39.2 Å². The van der Waals surface area contributed by atoms with Gasteiger partial charge in [-0.3, -0.25) is 0 Å². The lowest BCUT2D eigenvalue weighted by Crippen LogP contribution is -2.34. The Balaban J connectivity index is 1.56. The molecule has 1 heterocycles. The molecule has 2 amide bonds. The molecule has 0 saturated carbocycles. The molecule has 0 bridgehead atoms. The van der Waals surface area contributed by atoms with E-state index in [0.29, 0.717) is 11.4 Å². The Morgan fingerprint density at radius 2 is 1.58 bits per heavy atom. The number of anilines is 2. The number of urea groups is 1. The highest BCUT2D eigenvalue weighted by atomic mass is 16.5. The van der Waals surface area contributed by atoms with Crippen molar-refractivity contribution >= 4 is 28.2 Å². The Hall–Kier alpha value is -3.25. The SMILES string of the molecule is COc1ccc(C(C)(C)C)cc1NC(=O)Nc1ccc(OC2CCNCC2)c2ccccc12. The van der Waals surface area contributed by atoms with Gasteiger partial charge in [0, 0.05) is 10.8 Å². The number of piperidine rings is 1. The molecule has 6 heteroatoms. The Bertz CT molecular complexity index is 1130. The summed E-state index contributed by atoms with van der Waals surface area (Å²) in [6.45, 7) is 8.36. The van der Waals surface area contributed by atoms with Gasteiger partial charge in [-0.15, -0.1) is 0 Å². The molecule has 0 spiro atoms. The number of methoxy groups -OCH3 is 1. The third kappa shape index (κ3) is 5.40. The van der Waals surface area contributed by atoms with Crippen LogP contribution in [0.2, 0.25) is 0 Å². The molecule has 0 aromatic heterocycles. The van der Waals surface area contributed by atoms with Crippen molar-refractivity contribution in [1.29, 1.82) is 0 Å². The number of carbonyl (C=O) groups excluding carboxylic acids is 1. The molecule has 6 nitrogen and oxygen atoms in total. The van der Waals surface area contributed by atoms with E-state index in [1.54, 1.807) is 7.11 Å². The van der Waals surface area contributed by atoms with E-state index in [1.807, 2.05) is 54.6 Å². The van der Waals surface area contributed by atoms with Gasteiger partial charge >= 0.3 is 6.03 Å². The van der Waals surface area contributed by atoms with Crippen molar-refractivity contribution in [2.75, 3.05) is 30.8 Å². The maximum Gasteiger partial charge on any atom is 0.323 e. The van der Waals surface area contributed by atoms with Gasteiger partial charge in [-0.2, -0.15) is 0 Å². The van der Waals surface area contributed by atoms with Crippen LogP contribution in [-0.2, 0) is 5.41 Å². The first kappa shape index (κ1) is 22.9. The molecule has 0 atom stereocenters. The van der Waals surface area contributed by atoms with Crippen molar-refractivity contribution in [1.82, 2.24) is 5.32 Å². The molecule has 0 aliphatic carbocycles. The number of hydrogen-bond donors (Lipinski definition) is 3. The van der Waals surface area contributed by atoms with E-state index in [0.717, 1.165) is 53.7 Å². The smallest absolute Gasteiger partial charge is 0.323 e. The van der Waals surface area contributed by atoms with Crippen LogP contribution in [0.25, 0.3) is 10.8 Å². The second kappa shape index (κ2) is 9.71. The van der Waals surface area contributed by atoms with E-state index in [4.69, 9.17) is 9.47 Å². The standard InChI is InChI=1S/C27H33N3O3/c1-27(2,3)18-9-11-25(32-4)23(17-18)30-26(31)29-22-10-12-24(21-8-6-5-7-20(21)22)33-19-13-15-28-16-14-19/h5-12,17,19,28H,13-16H2,1-4H3,(H2,29,30,31). The van der Waals surface area contributed by atoms with Gasteiger partial charge in [0.2, 0.25) is 0 Å². The van der Waals surface area contributed by atoms with E-state index < -0.39 is 0 Å². The van der Waals surface area contributed by atoms with E-state index >= 15 is 0 Å². The highest BCUT2D eigenvalue weighted by Gasteiger charge is 2.19. The molecule has 1 aliphatic rings. The maximum atomic E-state index is 12.9. The molecule has 3 aromatic carbocycles. The molecular formula is C27H33N3O3. The summed E-state index contributed by atoms with van der Waals surface area (Å²) >= 11 is 0. The molecule has 3 N–H and O–H groups in total. The highest BCUT2D eigenvalue weighted by molar-refractivity contribution is 6.08. The average Bonchev–Trinajstić information content (AvgIpc) is 2.80. The van der Waals surface area contributed by atoms with Crippen molar-refractivity contribution in [2.45, 2.75) is 45.1 Å². The Kier molecular flexibility index (Phi) is 6.75. The van der Waals surface area contributed by atoms with Gasteiger partial charge in [0.15, 0.2) is 0 Å². The number of fused-ring (bicyclic) bond motifs is 1. The maximum absolute atomic E-state index is 12.9. The van der Waals surface area contributed by atoms with Crippen molar-refractivity contribution < 1.29 is 14.3 Å². The fraction of sp³-hybridized carbons (Fsp3) is 0.370. The van der Waals surface area contributed by atoms with Crippen LogP contribution in [0.5, 0.6) is 11.5 Å². The van der Waals surface area contributed by atoms with Gasteiger partial charge in [-0.25, -0.2) is 4.79 Å². The zero-order chi connectivity index (χ0) is 23.4. The molecule has 4 rings (SSSR count). The highest BCUT2D eigenvalue weighted by Crippen LogP contribution is 2.34. The Morgan fingerprint density at radius 3 is 2.27 bits per heavy atom. The third-order valence-electron chi connectivity index (χ3n) is 6.03. The summed E-state index contributed by atoms with van der Waals surface area (Å²) in [5.41, 5.74) is 2.44. The van der Waals surface area contributed by atoms with Crippen molar-refractivity contribution in [3.63, 3.8) is 0 Å². The minimum Gasteiger partial charge on any atom is -0.495 e. The number of nitrogens with one attached hydrogen (secondary N) is 3. The lowest BCUT2D eigenvalue weighted by atomic mass is 9.87. The summed E-state index contributed by atoms with van der Waals surface area (Å²) in [5, 5.41) is 11.2. The quantitative estimate of drug-likeness (QED) is 0.454. The molecule has 0 unspecified atom stereocenters. The summed E-state index contributed by atoms with van der Waals surface area (Å²) in [4.78, 5) is 12.9. The summed E-state index contributed by atoms with van der Waals surface area (Å²) in [7, 11) is 1.60. The fourth-order valence-corrected chi connectivity index (χ4v) is 4.12. The van der Waals surface area contributed by atoms with Crippen LogP contribution in [0, 0.1) is 0 Å². The van der Waals surface area contributed by atoms with Gasteiger partial charge in [0.05, 0.1) is 18.5 Å². The monoisotopic (exact) mass is 447 g/mol. The molecule has 1 fully saturated rings. The zero-order valence-corrected chi connectivity index (χ0v) is 19.8. The molecule has 3 aromatic rings. The van der Waals surface area contributed by atoms with Gasteiger partial charge in [-0.05, 0) is 61.2 Å². The number of carbonyl (C=O) groups is 1. The summed E-state index contributed by atoms with van der Waals surface area (Å²) < 4.78 is 11.8. The van der Waals surface area contributed by atoms with Crippen LogP contribution < -0.4 is 25.4 Å². The van der Waals surface area contributed by atoms with Crippen LogP contribution in [-0.4, -0.2) is 32.3 Å². The largest absolute Gasteiger partial charge is 0.495 e. The predicted octanol–water partition coefficient (Wildman–Crippen LogP) is 5.92. The van der Waals surface area contributed by atoms with E-state index in [1.165, 1.54) is 0 Å². The number of amides is 2. The van der Waals surface area contributed by atoms with E-state index in [-0.39, 0.29) is 17.6 Å². The summed E-state index contributed by atoms with van der Waals surface area (Å²) in [6.07, 6.45) is 2.19. The molecule has 33 heavy (non-hydrogen) atoms. The topological polar surface area (TPSA) is 71.6 Å². The Labute approximate surface area is 195 Å². The van der Waals surface area contributed by atoms with Crippen molar-refractivity contribution in [3.05, 3.63) is 60.2 Å². The predicted molar refractivity (Wildman–Crippen MR) is 135 cm³/mol. The normalized spacial score (nSPS) is 14.7. The third-order valence-corrected chi connectivity index (χ3v) is 6.03. The number of benzene rings is 3. The molecule has 1 saturated heterocycles. The van der Waals surface area contributed by atoms with Crippen LogP contribution >= 0.6 is 0 Å². The summed E-state index contributed by atoms with van der Waals surface area (Å²) in [6, 6.07) is 17.4. The number of rotatable bonds is 5. The van der Waals surface area contributed by atoms with Crippen molar-refractivity contribution in [2.24, 2.45) is 0 Å². The Morgan fingerprint density at radius 1 is 0.909 bits per heavy atom. The molecule has 174 valence electrons. The number of hydrogen-bond acceptors (Lipinski definition) is 4. The van der Waals surface area contributed by atoms with Crippen molar-refractivity contribution in [3.8, 4) is 11.5 Å². The summed E-state index contributed by atoms with van der Waals surface area (Å²) in [5.74, 6) is 1.47. The lowest BCUT2D eigenvalue weighted by molar-refractivity contribution is 0.164. The van der Waals surface area contributed by atoms with Crippen LogP contribution in [0.3, 0.4) is 0 Å². The second-order valence-electron chi connectivity index (χ2n) is 9.47. The first-order valence-electron chi connectivity index (χ1n) is 11.5. The minimum atomic E-state index is -0.323. The van der Waals surface area contributed by atoms with Crippen LogP contribution in [0.15, 0.2) is 54.6 Å². The molecular weight excluding hydrogens is 414 g/mol. The fourth-order valence-electron chi connectivity index (χ4n) is 4.12. The van der Waals surface area contributed by atoms with Gasteiger partial charge in [0.1, 0.15) is 17.6 Å².